The second-order valence-corrected chi connectivity index (χ2v) is 1.74. The van der Waals surface area contributed by atoms with Gasteiger partial charge in [-0.1, -0.05) is 18.2 Å². The van der Waals surface area contributed by atoms with Crippen molar-refractivity contribution in [1.82, 2.24) is 0 Å². The van der Waals surface area contributed by atoms with Crippen LogP contribution in [0.5, 0.6) is 0 Å². The highest BCUT2D eigenvalue weighted by molar-refractivity contribution is 5.91. The van der Waals surface area contributed by atoms with Gasteiger partial charge in [0, 0.05) is 0 Å². The van der Waals surface area contributed by atoms with Crippen LogP contribution < -0.4 is 0 Å². The van der Waals surface area contributed by atoms with Gasteiger partial charge in [-0.05, 0) is 13.8 Å². The van der Waals surface area contributed by atoms with E-state index in [9.17, 15) is 4.79 Å². The lowest BCUT2D eigenvalue weighted by molar-refractivity contribution is -0.135. The Balaban J connectivity index is 4.23. The van der Waals surface area contributed by atoms with E-state index in [4.69, 9.17) is 0 Å². The van der Waals surface area contributed by atoms with E-state index in [1.165, 1.54) is 7.11 Å². The van der Waals surface area contributed by atoms with Crippen molar-refractivity contribution in [2.45, 2.75) is 13.8 Å². The molecular weight excluding hydrogens is 128 g/mol. The minimum absolute atomic E-state index is 0.291. The molecule has 0 aromatic rings. The van der Waals surface area contributed by atoms with E-state index in [0.29, 0.717) is 5.57 Å². The SMILES string of the molecule is C/C=C\C(=C/C)C(=O)OC. The number of allylic oxidation sites excluding steroid dienone is 2. The Labute approximate surface area is 61.2 Å². The first-order valence-electron chi connectivity index (χ1n) is 3.13. The summed E-state index contributed by atoms with van der Waals surface area (Å²) >= 11 is 0. The lowest BCUT2D eigenvalue weighted by Crippen LogP contribution is -2.01. The van der Waals surface area contributed by atoms with Crippen LogP contribution in [0.25, 0.3) is 0 Å². The maximum absolute atomic E-state index is 10.8. The Morgan fingerprint density at radius 1 is 1.40 bits per heavy atom. The molecule has 2 heteroatoms. The van der Waals surface area contributed by atoms with Gasteiger partial charge in [0.15, 0.2) is 0 Å². The highest BCUT2D eigenvalue weighted by atomic mass is 16.5. The van der Waals surface area contributed by atoms with Crippen molar-refractivity contribution in [1.29, 1.82) is 0 Å². The number of esters is 1. The molecular formula is C8H12O2. The summed E-state index contributed by atoms with van der Waals surface area (Å²) in [6, 6.07) is 0. The van der Waals surface area contributed by atoms with E-state index < -0.39 is 0 Å². The van der Waals surface area contributed by atoms with Crippen molar-refractivity contribution in [3.8, 4) is 0 Å². The summed E-state index contributed by atoms with van der Waals surface area (Å²) in [7, 11) is 1.37. The maximum Gasteiger partial charge on any atom is 0.337 e. The second-order valence-electron chi connectivity index (χ2n) is 1.74. The molecule has 0 amide bonds. The molecule has 0 fully saturated rings. The van der Waals surface area contributed by atoms with Crippen molar-refractivity contribution in [2.24, 2.45) is 0 Å². The molecule has 0 saturated carbocycles. The van der Waals surface area contributed by atoms with Crippen LogP contribution in [0, 0.1) is 0 Å². The van der Waals surface area contributed by atoms with Gasteiger partial charge in [0.05, 0.1) is 12.7 Å². The van der Waals surface area contributed by atoms with Crippen LogP contribution >= 0.6 is 0 Å². The number of methoxy groups -OCH3 is 1. The zero-order valence-corrected chi connectivity index (χ0v) is 6.55. The van der Waals surface area contributed by atoms with Crippen molar-refractivity contribution in [3.63, 3.8) is 0 Å². The molecule has 0 saturated heterocycles. The van der Waals surface area contributed by atoms with Crippen LogP contribution in [0.2, 0.25) is 0 Å². The molecule has 0 heterocycles. The maximum atomic E-state index is 10.8. The number of hydrogen-bond donors (Lipinski definition) is 0. The molecule has 0 aliphatic carbocycles. The average molecular weight is 140 g/mol. The minimum atomic E-state index is -0.291. The van der Waals surface area contributed by atoms with Crippen LogP contribution in [0.15, 0.2) is 23.8 Å². The summed E-state index contributed by atoms with van der Waals surface area (Å²) in [4.78, 5) is 10.8. The van der Waals surface area contributed by atoms with Gasteiger partial charge in [-0.25, -0.2) is 4.79 Å². The van der Waals surface area contributed by atoms with Gasteiger partial charge in [-0.15, -0.1) is 0 Å². The quantitative estimate of drug-likeness (QED) is 0.331. The van der Waals surface area contributed by atoms with Crippen LogP contribution in [-0.4, -0.2) is 13.1 Å². The van der Waals surface area contributed by atoms with Crippen LogP contribution in [0.4, 0.5) is 0 Å². The lowest BCUT2D eigenvalue weighted by Gasteiger charge is -1.96. The Morgan fingerprint density at radius 3 is 2.30 bits per heavy atom. The third-order valence-corrected chi connectivity index (χ3v) is 1.08. The Bertz CT molecular complexity index is 166. The van der Waals surface area contributed by atoms with Gasteiger partial charge in [-0.2, -0.15) is 0 Å². The number of ether oxygens (including phenoxy) is 1. The predicted octanol–water partition coefficient (Wildman–Crippen LogP) is 1.68. The molecule has 0 bridgehead atoms. The molecule has 0 radical (unpaired) electrons. The van der Waals surface area contributed by atoms with E-state index in [1.807, 2.05) is 6.92 Å². The normalized spacial score (nSPS) is 12.1. The monoisotopic (exact) mass is 140 g/mol. The Hall–Kier alpha value is -1.05. The number of carbonyl (C=O) groups excluding carboxylic acids is 1. The first-order valence-corrected chi connectivity index (χ1v) is 3.13. The van der Waals surface area contributed by atoms with E-state index in [2.05, 4.69) is 4.74 Å². The Kier molecular flexibility index (Phi) is 4.29. The average Bonchev–Trinajstić information content (AvgIpc) is 1.99. The van der Waals surface area contributed by atoms with Crippen molar-refractivity contribution in [3.05, 3.63) is 23.8 Å². The summed E-state index contributed by atoms with van der Waals surface area (Å²) in [6.45, 7) is 3.65. The van der Waals surface area contributed by atoms with Gasteiger partial charge in [0.25, 0.3) is 0 Å². The molecule has 0 N–H and O–H groups in total. The van der Waals surface area contributed by atoms with Crippen LogP contribution in [-0.2, 0) is 9.53 Å². The van der Waals surface area contributed by atoms with Gasteiger partial charge in [0.2, 0.25) is 0 Å². The van der Waals surface area contributed by atoms with E-state index in [0.717, 1.165) is 0 Å². The number of hydrogen-bond acceptors (Lipinski definition) is 2. The smallest absolute Gasteiger partial charge is 0.337 e. The van der Waals surface area contributed by atoms with Crippen LogP contribution in [0.3, 0.4) is 0 Å². The molecule has 56 valence electrons. The molecule has 0 atom stereocenters. The van der Waals surface area contributed by atoms with Crippen molar-refractivity contribution in [2.75, 3.05) is 7.11 Å². The molecule has 0 aromatic carbocycles. The summed E-state index contributed by atoms with van der Waals surface area (Å²) in [5.74, 6) is -0.291. The fourth-order valence-corrected chi connectivity index (χ4v) is 0.580. The van der Waals surface area contributed by atoms with Gasteiger partial charge < -0.3 is 4.74 Å². The summed E-state index contributed by atoms with van der Waals surface area (Å²) < 4.78 is 4.50. The number of carbonyl (C=O) groups is 1. The van der Waals surface area contributed by atoms with Gasteiger partial charge in [-0.3, -0.25) is 0 Å². The first kappa shape index (κ1) is 8.95. The van der Waals surface area contributed by atoms with Crippen molar-refractivity contribution >= 4 is 5.97 Å². The lowest BCUT2D eigenvalue weighted by atomic mass is 10.2. The minimum Gasteiger partial charge on any atom is -0.465 e. The van der Waals surface area contributed by atoms with E-state index >= 15 is 0 Å². The largest absolute Gasteiger partial charge is 0.465 e. The molecule has 0 rings (SSSR count). The molecule has 0 aliphatic rings. The predicted molar refractivity (Wildman–Crippen MR) is 40.6 cm³/mol. The van der Waals surface area contributed by atoms with E-state index in [1.54, 1.807) is 25.2 Å². The summed E-state index contributed by atoms with van der Waals surface area (Å²) in [6.07, 6.45) is 5.23. The second kappa shape index (κ2) is 4.79. The highest BCUT2D eigenvalue weighted by Crippen LogP contribution is 1.98. The highest BCUT2D eigenvalue weighted by Gasteiger charge is 2.01. The summed E-state index contributed by atoms with van der Waals surface area (Å²) in [5, 5.41) is 0. The zero-order chi connectivity index (χ0) is 7.98. The molecule has 0 spiro atoms. The first-order chi connectivity index (χ1) is 4.76. The zero-order valence-electron chi connectivity index (χ0n) is 6.55. The van der Waals surface area contributed by atoms with Crippen molar-refractivity contribution < 1.29 is 9.53 Å². The number of rotatable bonds is 2. The van der Waals surface area contributed by atoms with E-state index in [-0.39, 0.29) is 5.97 Å². The fourth-order valence-electron chi connectivity index (χ4n) is 0.580. The van der Waals surface area contributed by atoms with Gasteiger partial charge >= 0.3 is 5.97 Å². The Morgan fingerprint density at radius 2 is 2.00 bits per heavy atom. The molecule has 2 nitrogen and oxygen atoms in total. The topological polar surface area (TPSA) is 26.3 Å². The molecule has 0 unspecified atom stereocenters. The molecule has 0 aromatic heterocycles. The standard InChI is InChI=1S/C8H12O2/c1-4-6-7(5-2)8(9)10-3/h4-6H,1-3H3/b6-4-,7-5+. The third kappa shape index (κ3) is 2.49. The molecule has 10 heavy (non-hydrogen) atoms. The fraction of sp³-hybridized carbons (Fsp3) is 0.375. The summed E-state index contributed by atoms with van der Waals surface area (Å²) in [5.41, 5.74) is 0.588. The van der Waals surface area contributed by atoms with Crippen LogP contribution in [0.1, 0.15) is 13.8 Å². The van der Waals surface area contributed by atoms with Gasteiger partial charge in [0.1, 0.15) is 0 Å². The third-order valence-electron chi connectivity index (χ3n) is 1.08. The molecule has 0 aliphatic heterocycles.